The van der Waals surface area contributed by atoms with E-state index in [1.807, 2.05) is 49.0 Å². The van der Waals surface area contributed by atoms with Crippen LogP contribution < -0.4 is 5.32 Å². The maximum absolute atomic E-state index is 5.34. The highest BCUT2D eigenvalue weighted by Gasteiger charge is 2.11. The van der Waals surface area contributed by atoms with Gasteiger partial charge in [0.05, 0.1) is 5.69 Å². The van der Waals surface area contributed by atoms with Crippen LogP contribution >= 0.6 is 12.4 Å². The molecule has 0 bridgehead atoms. The lowest BCUT2D eigenvalue weighted by Gasteiger charge is -2.05. The van der Waals surface area contributed by atoms with Gasteiger partial charge >= 0.3 is 0 Å². The van der Waals surface area contributed by atoms with Crippen molar-refractivity contribution in [1.82, 2.24) is 25.2 Å². The maximum atomic E-state index is 5.34. The van der Waals surface area contributed by atoms with Crippen molar-refractivity contribution in [3.8, 4) is 17.1 Å². The average Bonchev–Trinajstić information content (AvgIpc) is 3.16. The van der Waals surface area contributed by atoms with Gasteiger partial charge in [0, 0.05) is 29.9 Å². The Hall–Kier alpha value is -2.18. The van der Waals surface area contributed by atoms with Gasteiger partial charge in [-0.15, -0.1) is 12.4 Å². The van der Waals surface area contributed by atoms with Gasteiger partial charge in [-0.05, 0) is 51.2 Å². The lowest BCUT2D eigenvalue weighted by atomic mass is 10.2. The molecule has 0 saturated heterocycles. The van der Waals surface area contributed by atoms with Crippen LogP contribution in [0.2, 0.25) is 0 Å². The van der Waals surface area contributed by atoms with Crippen LogP contribution in [0.3, 0.4) is 0 Å². The van der Waals surface area contributed by atoms with Crippen LogP contribution in [0.25, 0.3) is 17.1 Å². The molecule has 1 aromatic carbocycles. The smallest absolute Gasteiger partial charge is 0.257 e. The quantitative estimate of drug-likeness (QED) is 0.777. The Morgan fingerprint density at radius 2 is 1.96 bits per heavy atom. The summed E-state index contributed by atoms with van der Waals surface area (Å²) in [5.41, 5.74) is 3.01. The molecule has 0 spiro atoms. The van der Waals surface area contributed by atoms with Crippen LogP contribution in [-0.2, 0) is 6.42 Å². The topological polar surface area (TPSA) is 68.8 Å². The SMILES string of the molecule is CNC(C)Cc1noc(-c2ccc(-n3nccc3C)cc2)n1.Cl. The molecule has 3 rings (SSSR count). The molecule has 6 nitrogen and oxygen atoms in total. The van der Waals surface area contributed by atoms with Crippen LogP contribution in [0, 0.1) is 6.92 Å². The van der Waals surface area contributed by atoms with Crippen LogP contribution in [0.1, 0.15) is 18.4 Å². The Morgan fingerprint density at radius 1 is 1.22 bits per heavy atom. The third-order valence-electron chi connectivity index (χ3n) is 3.64. The summed E-state index contributed by atoms with van der Waals surface area (Å²) in [6.45, 7) is 4.10. The summed E-state index contributed by atoms with van der Waals surface area (Å²) in [6, 6.07) is 10.2. The van der Waals surface area contributed by atoms with Gasteiger partial charge in [0.2, 0.25) is 0 Å². The molecule has 1 N–H and O–H groups in total. The van der Waals surface area contributed by atoms with Crippen molar-refractivity contribution >= 4 is 12.4 Å². The number of likely N-dealkylation sites (N-methyl/N-ethyl adjacent to an activating group) is 1. The van der Waals surface area contributed by atoms with Crippen molar-refractivity contribution in [1.29, 1.82) is 0 Å². The lowest BCUT2D eigenvalue weighted by molar-refractivity contribution is 0.418. The molecule has 0 radical (unpaired) electrons. The largest absolute Gasteiger partial charge is 0.334 e. The van der Waals surface area contributed by atoms with Crippen molar-refractivity contribution in [2.24, 2.45) is 0 Å². The fraction of sp³-hybridized carbons (Fsp3) is 0.312. The van der Waals surface area contributed by atoms with Gasteiger partial charge in [-0.25, -0.2) is 4.68 Å². The number of hydrogen-bond acceptors (Lipinski definition) is 5. The lowest BCUT2D eigenvalue weighted by Crippen LogP contribution is -2.24. The number of aromatic nitrogens is 4. The molecular formula is C16H20ClN5O. The third kappa shape index (κ3) is 3.78. The number of nitrogens with one attached hydrogen (secondary N) is 1. The molecule has 2 aromatic heterocycles. The Kier molecular flexibility index (Phi) is 5.52. The van der Waals surface area contributed by atoms with E-state index in [0.29, 0.717) is 17.8 Å². The van der Waals surface area contributed by atoms with E-state index in [1.165, 1.54) is 0 Å². The van der Waals surface area contributed by atoms with E-state index in [2.05, 4.69) is 27.5 Å². The summed E-state index contributed by atoms with van der Waals surface area (Å²) >= 11 is 0. The van der Waals surface area contributed by atoms with Crippen LogP contribution in [0.15, 0.2) is 41.1 Å². The van der Waals surface area contributed by atoms with Gasteiger partial charge in [-0.3, -0.25) is 0 Å². The molecule has 7 heteroatoms. The van der Waals surface area contributed by atoms with Gasteiger partial charge in [0.25, 0.3) is 5.89 Å². The summed E-state index contributed by atoms with van der Waals surface area (Å²) in [5.74, 6) is 1.26. The molecule has 1 atom stereocenters. The fourth-order valence-electron chi connectivity index (χ4n) is 2.22. The zero-order valence-corrected chi connectivity index (χ0v) is 14.2. The first-order chi connectivity index (χ1) is 10.7. The van der Waals surface area contributed by atoms with Crippen molar-refractivity contribution in [2.75, 3.05) is 7.05 Å². The molecular weight excluding hydrogens is 314 g/mol. The monoisotopic (exact) mass is 333 g/mol. The zero-order valence-electron chi connectivity index (χ0n) is 13.4. The van der Waals surface area contributed by atoms with E-state index in [1.54, 1.807) is 6.20 Å². The highest BCUT2D eigenvalue weighted by Crippen LogP contribution is 2.20. The summed E-state index contributed by atoms with van der Waals surface area (Å²) < 4.78 is 7.23. The predicted molar refractivity (Wildman–Crippen MR) is 91.1 cm³/mol. The van der Waals surface area contributed by atoms with E-state index in [4.69, 9.17) is 4.52 Å². The molecule has 0 amide bonds. The predicted octanol–water partition coefficient (Wildman–Crippen LogP) is 2.80. The third-order valence-corrected chi connectivity index (χ3v) is 3.64. The molecule has 0 aliphatic rings. The van der Waals surface area contributed by atoms with Crippen molar-refractivity contribution in [2.45, 2.75) is 26.3 Å². The Labute approximate surface area is 141 Å². The first-order valence-corrected chi connectivity index (χ1v) is 7.28. The molecule has 0 aliphatic heterocycles. The molecule has 3 aromatic rings. The second kappa shape index (κ2) is 7.39. The number of rotatable bonds is 5. The summed E-state index contributed by atoms with van der Waals surface area (Å²) in [6.07, 6.45) is 2.53. The average molecular weight is 334 g/mol. The Bertz CT molecular complexity index is 750. The number of benzene rings is 1. The highest BCUT2D eigenvalue weighted by atomic mass is 35.5. The van der Waals surface area contributed by atoms with Crippen LogP contribution in [-0.4, -0.2) is 33.0 Å². The summed E-state index contributed by atoms with van der Waals surface area (Å²) in [7, 11) is 1.92. The molecule has 23 heavy (non-hydrogen) atoms. The van der Waals surface area contributed by atoms with Crippen molar-refractivity contribution in [3.05, 3.63) is 48.0 Å². The molecule has 0 aliphatic carbocycles. The Balaban J connectivity index is 0.00000192. The molecule has 122 valence electrons. The molecule has 0 saturated carbocycles. The second-order valence-electron chi connectivity index (χ2n) is 5.34. The highest BCUT2D eigenvalue weighted by molar-refractivity contribution is 5.85. The van der Waals surface area contributed by atoms with E-state index in [0.717, 1.165) is 23.4 Å². The van der Waals surface area contributed by atoms with Crippen molar-refractivity contribution < 1.29 is 4.52 Å². The van der Waals surface area contributed by atoms with E-state index in [-0.39, 0.29) is 12.4 Å². The summed E-state index contributed by atoms with van der Waals surface area (Å²) in [5, 5.41) is 11.5. The standard InChI is InChI=1S/C16H19N5O.ClH/c1-11(17-3)10-15-19-16(22-20-15)13-4-6-14(7-5-13)21-12(2)8-9-18-21;/h4-9,11,17H,10H2,1-3H3;1H. The molecule has 2 heterocycles. The fourth-order valence-corrected chi connectivity index (χ4v) is 2.22. The van der Waals surface area contributed by atoms with Gasteiger partial charge in [-0.2, -0.15) is 10.1 Å². The molecule has 0 fully saturated rings. The van der Waals surface area contributed by atoms with Gasteiger partial charge in [0.15, 0.2) is 5.82 Å². The summed E-state index contributed by atoms with van der Waals surface area (Å²) in [4.78, 5) is 4.44. The minimum Gasteiger partial charge on any atom is -0.334 e. The number of halogens is 1. The Morgan fingerprint density at radius 3 is 2.57 bits per heavy atom. The zero-order chi connectivity index (χ0) is 15.5. The van der Waals surface area contributed by atoms with E-state index in [9.17, 15) is 0 Å². The minimum atomic E-state index is 0. The van der Waals surface area contributed by atoms with Gasteiger partial charge in [-0.1, -0.05) is 5.16 Å². The first-order valence-electron chi connectivity index (χ1n) is 7.28. The number of nitrogens with zero attached hydrogens (tertiary/aromatic N) is 4. The molecule has 1 unspecified atom stereocenters. The number of aryl methyl sites for hydroxylation is 1. The maximum Gasteiger partial charge on any atom is 0.257 e. The van der Waals surface area contributed by atoms with E-state index >= 15 is 0 Å². The number of hydrogen-bond donors (Lipinski definition) is 1. The van der Waals surface area contributed by atoms with Gasteiger partial charge < -0.3 is 9.84 Å². The second-order valence-corrected chi connectivity index (χ2v) is 5.34. The van der Waals surface area contributed by atoms with Gasteiger partial charge in [0.1, 0.15) is 0 Å². The first kappa shape index (κ1) is 17.2. The minimum absolute atomic E-state index is 0. The van der Waals surface area contributed by atoms with Crippen molar-refractivity contribution in [3.63, 3.8) is 0 Å². The normalized spacial score (nSPS) is 12.0. The van der Waals surface area contributed by atoms with E-state index < -0.39 is 0 Å². The van der Waals surface area contributed by atoms with Crippen LogP contribution in [0.4, 0.5) is 0 Å². The van der Waals surface area contributed by atoms with Crippen LogP contribution in [0.5, 0.6) is 0 Å².